The Labute approximate surface area is 111 Å². The lowest BCUT2D eigenvalue weighted by atomic mass is 10.2. The van der Waals surface area contributed by atoms with Crippen molar-refractivity contribution in [2.45, 2.75) is 51.4 Å². The molecular formula is C13H26N2OS. The minimum atomic E-state index is -0.0677. The Morgan fingerprint density at radius 2 is 1.29 bits per heavy atom. The van der Waals surface area contributed by atoms with Gasteiger partial charge in [0.25, 0.3) is 5.24 Å². The van der Waals surface area contributed by atoms with Crippen LogP contribution in [0.2, 0.25) is 0 Å². The molecule has 1 amide bonds. The first kappa shape index (κ1) is 14.8. The van der Waals surface area contributed by atoms with Crippen LogP contribution in [0.4, 0.5) is 4.79 Å². The van der Waals surface area contributed by atoms with Gasteiger partial charge in [0, 0.05) is 13.1 Å². The minimum Gasteiger partial charge on any atom is -0.334 e. The highest BCUT2D eigenvalue weighted by molar-refractivity contribution is 7.96. The number of amides is 1. The van der Waals surface area contributed by atoms with Crippen molar-refractivity contribution in [2.75, 3.05) is 26.2 Å². The number of hydrogen-bond donors (Lipinski definition) is 2. The molecular weight excluding hydrogens is 232 g/mol. The average Bonchev–Trinajstić information content (AvgIpc) is 2.77. The van der Waals surface area contributed by atoms with Gasteiger partial charge in [-0.05, 0) is 38.8 Å². The van der Waals surface area contributed by atoms with Crippen molar-refractivity contribution < 1.29 is 4.79 Å². The Hall–Kier alpha value is -0.220. The van der Waals surface area contributed by atoms with Crippen LogP contribution in [0.5, 0.6) is 0 Å². The predicted octanol–water partition coefficient (Wildman–Crippen LogP) is 3.06. The summed E-state index contributed by atoms with van der Waals surface area (Å²) in [6.07, 6.45) is 10.5. The topological polar surface area (TPSA) is 32.3 Å². The van der Waals surface area contributed by atoms with E-state index in [9.17, 15) is 4.79 Å². The molecule has 1 N–H and O–H groups in total. The number of nitrogens with zero attached hydrogens (tertiary/aromatic N) is 1. The number of hydrogen-bond acceptors (Lipinski definition) is 2. The summed E-state index contributed by atoms with van der Waals surface area (Å²) in [6.45, 7) is 4.31. The molecule has 4 heteroatoms. The monoisotopic (exact) mass is 258 g/mol. The molecule has 0 atom stereocenters. The molecule has 100 valence electrons. The molecule has 0 aromatic carbocycles. The zero-order valence-electron chi connectivity index (χ0n) is 10.8. The van der Waals surface area contributed by atoms with Crippen LogP contribution in [0.25, 0.3) is 0 Å². The highest BCUT2D eigenvalue weighted by Crippen LogP contribution is 2.10. The molecule has 0 spiro atoms. The number of carbonyl (C=O) groups is 1. The van der Waals surface area contributed by atoms with Gasteiger partial charge in [0.2, 0.25) is 0 Å². The van der Waals surface area contributed by atoms with Crippen molar-refractivity contribution in [1.29, 1.82) is 0 Å². The van der Waals surface area contributed by atoms with Gasteiger partial charge in [-0.2, -0.15) is 0 Å². The first-order valence-electron chi connectivity index (χ1n) is 6.99. The van der Waals surface area contributed by atoms with Crippen LogP contribution in [0.15, 0.2) is 0 Å². The van der Waals surface area contributed by atoms with Crippen LogP contribution in [-0.2, 0) is 0 Å². The van der Waals surface area contributed by atoms with E-state index in [1.165, 1.54) is 51.6 Å². The van der Waals surface area contributed by atoms with Crippen LogP contribution in [0.1, 0.15) is 51.4 Å². The van der Waals surface area contributed by atoms with Crippen LogP contribution in [0, 0.1) is 0 Å². The van der Waals surface area contributed by atoms with Crippen molar-refractivity contribution in [3.8, 4) is 0 Å². The zero-order valence-corrected chi connectivity index (χ0v) is 11.7. The van der Waals surface area contributed by atoms with Gasteiger partial charge in [0.1, 0.15) is 0 Å². The second-order valence-corrected chi connectivity index (χ2v) is 5.23. The fourth-order valence-electron chi connectivity index (χ4n) is 2.24. The summed E-state index contributed by atoms with van der Waals surface area (Å²) in [7, 11) is 0. The second kappa shape index (κ2) is 9.77. The van der Waals surface area contributed by atoms with Crippen LogP contribution in [-0.4, -0.2) is 36.3 Å². The molecule has 0 aliphatic carbocycles. The van der Waals surface area contributed by atoms with Crippen LogP contribution < -0.4 is 5.32 Å². The third-order valence-electron chi connectivity index (χ3n) is 3.33. The van der Waals surface area contributed by atoms with E-state index in [0.717, 1.165) is 25.9 Å². The van der Waals surface area contributed by atoms with Gasteiger partial charge in [-0.1, -0.05) is 38.3 Å². The Bertz CT molecular complexity index is 184. The van der Waals surface area contributed by atoms with E-state index in [-0.39, 0.29) is 5.24 Å². The number of nitrogens with one attached hydrogen (secondary N) is 1. The van der Waals surface area contributed by atoms with Crippen molar-refractivity contribution in [3.05, 3.63) is 0 Å². The van der Waals surface area contributed by atoms with E-state index < -0.39 is 0 Å². The molecule has 2 rings (SSSR count). The summed E-state index contributed by atoms with van der Waals surface area (Å²) >= 11 is 3.78. The first-order chi connectivity index (χ1) is 8.30. The Balaban J connectivity index is 0.000000181. The van der Waals surface area contributed by atoms with Crippen molar-refractivity contribution in [1.82, 2.24) is 10.2 Å². The molecule has 0 unspecified atom stereocenters. The molecule has 0 aromatic rings. The molecule has 0 aromatic heterocycles. The maximum absolute atomic E-state index is 10.7. The quantitative estimate of drug-likeness (QED) is 0.655. The zero-order chi connectivity index (χ0) is 12.3. The molecule has 2 heterocycles. The summed E-state index contributed by atoms with van der Waals surface area (Å²) in [5.41, 5.74) is 0. The summed E-state index contributed by atoms with van der Waals surface area (Å²) in [5.74, 6) is 0. The highest BCUT2D eigenvalue weighted by atomic mass is 32.1. The molecule has 2 fully saturated rings. The standard InChI is InChI=1S/C7H13NOS.C6H13N/c9-7(10)8-5-3-1-2-4-6-8;1-2-4-6-7-5-3-1/h1-6H2,(H,9,10);7H,1-6H2. The molecule has 3 nitrogen and oxygen atoms in total. The number of carbonyl (C=O) groups excluding carboxylic acids is 1. The van der Waals surface area contributed by atoms with Gasteiger partial charge in [0.05, 0.1) is 0 Å². The SMILES string of the molecule is C1CCCNCC1.O=C(S)N1CCCCCC1. The maximum atomic E-state index is 10.7. The summed E-state index contributed by atoms with van der Waals surface area (Å²) in [6, 6.07) is 0. The maximum Gasteiger partial charge on any atom is 0.278 e. The van der Waals surface area contributed by atoms with Gasteiger partial charge in [0.15, 0.2) is 0 Å². The van der Waals surface area contributed by atoms with E-state index in [2.05, 4.69) is 17.9 Å². The molecule has 2 aliphatic rings. The normalized spacial score (nSPS) is 21.8. The lowest BCUT2D eigenvalue weighted by Crippen LogP contribution is -2.26. The molecule has 0 saturated carbocycles. The van der Waals surface area contributed by atoms with Gasteiger partial charge in [-0.3, -0.25) is 4.79 Å². The Kier molecular flexibility index (Phi) is 8.53. The van der Waals surface area contributed by atoms with Crippen molar-refractivity contribution in [3.63, 3.8) is 0 Å². The summed E-state index contributed by atoms with van der Waals surface area (Å²) in [4.78, 5) is 12.6. The fraction of sp³-hybridized carbons (Fsp3) is 0.923. The van der Waals surface area contributed by atoms with Gasteiger partial charge >= 0.3 is 0 Å². The number of likely N-dealkylation sites (tertiary alicyclic amines) is 1. The van der Waals surface area contributed by atoms with Crippen molar-refractivity contribution in [2.24, 2.45) is 0 Å². The lowest BCUT2D eigenvalue weighted by Gasteiger charge is -2.16. The van der Waals surface area contributed by atoms with Gasteiger partial charge in [-0.15, -0.1) is 0 Å². The number of rotatable bonds is 0. The summed E-state index contributed by atoms with van der Waals surface area (Å²) in [5, 5.41) is 3.28. The van der Waals surface area contributed by atoms with E-state index in [0.29, 0.717) is 0 Å². The first-order valence-corrected chi connectivity index (χ1v) is 7.44. The molecule has 0 bridgehead atoms. The van der Waals surface area contributed by atoms with Crippen LogP contribution in [0.3, 0.4) is 0 Å². The van der Waals surface area contributed by atoms with Crippen LogP contribution >= 0.6 is 12.6 Å². The minimum absolute atomic E-state index is 0.0677. The largest absolute Gasteiger partial charge is 0.334 e. The lowest BCUT2D eigenvalue weighted by molar-refractivity contribution is 0.225. The van der Waals surface area contributed by atoms with Gasteiger partial charge < -0.3 is 10.2 Å². The summed E-state index contributed by atoms with van der Waals surface area (Å²) < 4.78 is 0. The third-order valence-corrected chi connectivity index (χ3v) is 3.62. The Morgan fingerprint density at radius 1 is 0.824 bits per heavy atom. The third kappa shape index (κ3) is 7.66. The smallest absolute Gasteiger partial charge is 0.278 e. The van der Waals surface area contributed by atoms with Crippen molar-refractivity contribution >= 4 is 17.9 Å². The molecule has 0 radical (unpaired) electrons. The average molecular weight is 258 g/mol. The fourth-order valence-corrected chi connectivity index (χ4v) is 2.44. The molecule has 2 saturated heterocycles. The second-order valence-electron chi connectivity index (χ2n) is 4.85. The Morgan fingerprint density at radius 3 is 1.76 bits per heavy atom. The number of thiol groups is 1. The molecule has 2 aliphatic heterocycles. The molecule has 17 heavy (non-hydrogen) atoms. The van der Waals surface area contributed by atoms with E-state index in [1.807, 2.05) is 4.90 Å². The van der Waals surface area contributed by atoms with Gasteiger partial charge in [-0.25, -0.2) is 0 Å². The van der Waals surface area contributed by atoms with E-state index >= 15 is 0 Å². The van der Waals surface area contributed by atoms with E-state index in [1.54, 1.807) is 0 Å². The highest BCUT2D eigenvalue weighted by Gasteiger charge is 2.10. The predicted molar refractivity (Wildman–Crippen MR) is 75.8 cm³/mol. The van der Waals surface area contributed by atoms with E-state index in [4.69, 9.17) is 0 Å².